The van der Waals surface area contributed by atoms with Gasteiger partial charge in [-0.1, -0.05) is 12.8 Å². The summed E-state index contributed by atoms with van der Waals surface area (Å²) >= 11 is 0. The van der Waals surface area contributed by atoms with Crippen molar-refractivity contribution in [3.8, 4) is 0 Å². The van der Waals surface area contributed by atoms with E-state index in [0.717, 1.165) is 19.4 Å². The zero-order valence-electron chi connectivity index (χ0n) is 7.60. The quantitative estimate of drug-likeness (QED) is 0.505. The van der Waals surface area contributed by atoms with Crippen molar-refractivity contribution in [2.24, 2.45) is 0 Å². The molecule has 0 aliphatic rings. The van der Waals surface area contributed by atoms with Gasteiger partial charge in [-0.15, -0.1) is 0 Å². The highest BCUT2D eigenvalue weighted by Crippen LogP contribution is 1.97. The number of rotatable bonds is 7. The van der Waals surface area contributed by atoms with Crippen molar-refractivity contribution in [1.29, 1.82) is 0 Å². The first-order valence-electron chi connectivity index (χ1n) is 4.38. The van der Waals surface area contributed by atoms with Crippen LogP contribution in [0.5, 0.6) is 0 Å². The lowest BCUT2D eigenvalue weighted by molar-refractivity contribution is 0.194. The molecule has 0 aromatic heterocycles. The van der Waals surface area contributed by atoms with Crippen molar-refractivity contribution < 1.29 is 9.90 Å². The fraction of sp³-hybridized carbons (Fsp3) is 0.875. The summed E-state index contributed by atoms with van der Waals surface area (Å²) in [7, 11) is 1.94. The van der Waals surface area contributed by atoms with E-state index in [0.29, 0.717) is 6.54 Å². The Balaban J connectivity index is 2.86. The lowest BCUT2D eigenvalue weighted by Crippen LogP contribution is -2.21. The van der Waals surface area contributed by atoms with Gasteiger partial charge in [-0.05, 0) is 26.4 Å². The standard InChI is InChI=1S/C8H18N2O2/c1-9-6-4-2-3-5-7-10-8(11)12/h9-10H,2-7H2,1H3,(H,11,12). The van der Waals surface area contributed by atoms with Crippen LogP contribution >= 0.6 is 0 Å². The molecule has 0 spiro atoms. The highest BCUT2D eigenvalue weighted by molar-refractivity contribution is 5.64. The molecule has 0 unspecified atom stereocenters. The van der Waals surface area contributed by atoms with Crippen molar-refractivity contribution in [1.82, 2.24) is 10.6 Å². The van der Waals surface area contributed by atoms with Crippen molar-refractivity contribution in [2.45, 2.75) is 25.7 Å². The molecule has 0 saturated carbocycles. The monoisotopic (exact) mass is 174 g/mol. The van der Waals surface area contributed by atoms with Crippen molar-refractivity contribution in [3.05, 3.63) is 0 Å². The van der Waals surface area contributed by atoms with Gasteiger partial charge in [-0.25, -0.2) is 4.79 Å². The average molecular weight is 174 g/mol. The van der Waals surface area contributed by atoms with E-state index in [1.807, 2.05) is 7.05 Å². The third kappa shape index (κ3) is 9.23. The van der Waals surface area contributed by atoms with E-state index < -0.39 is 6.09 Å². The van der Waals surface area contributed by atoms with Gasteiger partial charge in [0, 0.05) is 6.54 Å². The van der Waals surface area contributed by atoms with Crippen LogP contribution in [-0.4, -0.2) is 31.3 Å². The second-order valence-corrected chi connectivity index (χ2v) is 2.75. The molecule has 0 radical (unpaired) electrons. The molecule has 0 fully saturated rings. The molecule has 0 aromatic rings. The second-order valence-electron chi connectivity index (χ2n) is 2.75. The normalized spacial score (nSPS) is 9.75. The van der Waals surface area contributed by atoms with E-state index in [1.165, 1.54) is 12.8 Å². The summed E-state index contributed by atoms with van der Waals surface area (Å²) in [6, 6.07) is 0. The topological polar surface area (TPSA) is 61.4 Å². The minimum absolute atomic E-state index is 0.578. The van der Waals surface area contributed by atoms with Crippen LogP contribution in [0.25, 0.3) is 0 Å². The minimum Gasteiger partial charge on any atom is -0.465 e. The first-order chi connectivity index (χ1) is 5.77. The van der Waals surface area contributed by atoms with Gasteiger partial charge in [0.25, 0.3) is 0 Å². The average Bonchev–Trinajstić information content (AvgIpc) is 2.02. The van der Waals surface area contributed by atoms with Crippen LogP contribution in [0.1, 0.15) is 25.7 Å². The fourth-order valence-corrected chi connectivity index (χ4v) is 0.976. The lowest BCUT2D eigenvalue weighted by atomic mass is 10.2. The fourth-order valence-electron chi connectivity index (χ4n) is 0.976. The van der Waals surface area contributed by atoms with E-state index in [-0.39, 0.29) is 0 Å². The molecule has 0 saturated heterocycles. The van der Waals surface area contributed by atoms with E-state index in [9.17, 15) is 4.79 Å². The lowest BCUT2D eigenvalue weighted by Gasteiger charge is -2.00. The summed E-state index contributed by atoms with van der Waals surface area (Å²) < 4.78 is 0. The molecule has 4 nitrogen and oxygen atoms in total. The van der Waals surface area contributed by atoms with Gasteiger partial charge in [0.15, 0.2) is 0 Å². The number of amides is 1. The first-order valence-corrected chi connectivity index (χ1v) is 4.38. The smallest absolute Gasteiger partial charge is 0.404 e. The molecular weight excluding hydrogens is 156 g/mol. The Hall–Kier alpha value is -0.770. The molecule has 0 aliphatic carbocycles. The summed E-state index contributed by atoms with van der Waals surface area (Å²) in [4.78, 5) is 10.0. The summed E-state index contributed by atoms with van der Waals surface area (Å²) in [6.45, 7) is 1.63. The van der Waals surface area contributed by atoms with Crippen molar-refractivity contribution in [3.63, 3.8) is 0 Å². The summed E-state index contributed by atoms with van der Waals surface area (Å²) in [5, 5.41) is 13.6. The highest BCUT2D eigenvalue weighted by Gasteiger charge is 1.92. The Morgan fingerprint density at radius 2 is 1.75 bits per heavy atom. The molecule has 12 heavy (non-hydrogen) atoms. The Kier molecular flexibility index (Phi) is 7.79. The molecular formula is C8H18N2O2. The van der Waals surface area contributed by atoms with E-state index in [4.69, 9.17) is 5.11 Å². The van der Waals surface area contributed by atoms with Crippen LogP contribution in [-0.2, 0) is 0 Å². The Labute approximate surface area is 73.3 Å². The van der Waals surface area contributed by atoms with Crippen LogP contribution < -0.4 is 10.6 Å². The third-order valence-electron chi connectivity index (χ3n) is 1.63. The number of carbonyl (C=O) groups is 1. The molecule has 0 bridgehead atoms. The zero-order chi connectivity index (χ0) is 9.23. The van der Waals surface area contributed by atoms with Crippen LogP contribution in [0, 0.1) is 0 Å². The maximum atomic E-state index is 10.0. The number of hydrogen-bond acceptors (Lipinski definition) is 2. The summed E-state index contributed by atoms with van der Waals surface area (Å²) in [5.74, 6) is 0. The van der Waals surface area contributed by atoms with Gasteiger partial charge < -0.3 is 15.7 Å². The van der Waals surface area contributed by atoms with Gasteiger partial charge in [0.05, 0.1) is 0 Å². The largest absolute Gasteiger partial charge is 0.465 e. The molecule has 0 rings (SSSR count). The molecule has 1 amide bonds. The molecule has 0 heterocycles. The van der Waals surface area contributed by atoms with E-state index in [1.54, 1.807) is 0 Å². The minimum atomic E-state index is -0.926. The van der Waals surface area contributed by atoms with E-state index >= 15 is 0 Å². The number of nitrogens with one attached hydrogen (secondary N) is 2. The first kappa shape index (κ1) is 11.2. The second kappa shape index (κ2) is 8.33. The van der Waals surface area contributed by atoms with Crippen LogP contribution in [0.4, 0.5) is 4.79 Å². The number of carboxylic acid groups (broad SMARTS) is 1. The molecule has 0 aliphatic heterocycles. The van der Waals surface area contributed by atoms with Crippen LogP contribution in [0.3, 0.4) is 0 Å². The van der Waals surface area contributed by atoms with Gasteiger partial charge in [-0.3, -0.25) is 0 Å². The summed E-state index contributed by atoms with van der Waals surface area (Å²) in [6.07, 6.45) is 3.45. The van der Waals surface area contributed by atoms with Crippen LogP contribution in [0.2, 0.25) is 0 Å². The van der Waals surface area contributed by atoms with E-state index in [2.05, 4.69) is 10.6 Å². The highest BCUT2D eigenvalue weighted by atomic mass is 16.4. The Bertz CT molecular complexity index is 118. The zero-order valence-corrected chi connectivity index (χ0v) is 7.60. The molecule has 3 N–H and O–H groups in total. The molecule has 72 valence electrons. The maximum absolute atomic E-state index is 10.0. The predicted octanol–water partition coefficient (Wildman–Crippen LogP) is 1.03. The van der Waals surface area contributed by atoms with Gasteiger partial charge in [-0.2, -0.15) is 0 Å². The predicted molar refractivity (Wildman–Crippen MR) is 48.4 cm³/mol. The third-order valence-corrected chi connectivity index (χ3v) is 1.63. The maximum Gasteiger partial charge on any atom is 0.404 e. The van der Waals surface area contributed by atoms with Crippen molar-refractivity contribution in [2.75, 3.05) is 20.1 Å². The number of hydrogen-bond donors (Lipinski definition) is 3. The SMILES string of the molecule is CNCCCCCCNC(=O)O. The molecule has 0 atom stereocenters. The van der Waals surface area contributed by atoms with Gasteiger partial charge in [0.2, 0.25) is 0 Å². The van der Waals surface area contributed by atoms with Gasteiger partial charge >= 0.3 is 6.09 Å². The molecule has 4 heteroatoms. The van der Waals surface area contributed by atoms with Crippen molar-refractivity contribution >= 4 is 6.09 Å². The Morgan fingerprint density at radius 1 is 1.17 bits per heavy atom. The molecule has 0 aromatic carbocycles. The number of unbranched alkanes of at least 4 members (excludes halogenated alkanes) is 3. The Morgan fingerprint density at radius 3 is 2.25 bits per heavy atom. The van der Waals surface area contributed by atoms with Crippen LogP contribution in [0.15, 0.2) is 0 Å². The van der Waals surface area contributed by atoms with Gasteiger partial charge in [0.1, 0.15) is 0 Å². The summed E-state index contributed by atoms with van der Waals surface area (Å²) in [5.41, 5.74) is 0.